The minimum Gasteiger partial charge on any atom is -0.355 e. The van der Waals surface area contributed by atoms with Gasteiger partial charge in [0.25, 0.3) is 0 Å². The minimum absolute atomic E-state index is 0.0667. The average Bonchev–Trinajstić information content (AvgIpc) is 2.55. The molecule has 0 aliphatic rings. The molecule has 122 valence electrons. The molecule has 0 atom stereocenters. The van der Waals surface area contributed by atoms with Crippen LogP contribution in [0.3, 0.4) is 0 Å². The van der Waals surface area contributed by atoms with Crippen LogP contribution in [-0.4, -0.2) is 18.2 Å². The van der Waals surface area contributed by atoms with Gasteiger partial charge in [0, 0.05) is 34.5 Å². The number of aryl methyl sites for hydroxylation is 1. The zero-order valence-electron chi connectivity index (χ0n) is 12.7. The van der Waals surface area contributed by atoms with E-state index < -0.39 is 0 Å². The van der Waals surface area contributed by atoms with Crippen LogP contribution in [0, 0.1) is 0 Å². The lowest BCUT2D eigenvalue weighted by molar-refractivity contribution is -0.120. The normalized spacial score (nSPS) is 10.5. The van der Waals surface area contributed by atoms with Crippen molar-refractivity contribution in [3.8, 4) is 0 Å². The van der Waals surface area contributed by atoms with Gasteiger partial charge in [-0.1, -0.05) is 53.5 Å². The van der Waals surface area contributed by atoms with E-state index in [0.29, 0.717) is 19.4 Å². The Labute approximate surface area is 151 Å². The molecule has 0 saturated carbocycles. The van der Waals surface area contributed by atoms with Crippen LogP contribution in [0.25, 0.3) is 0 Å². The van der Waals surface area contributed by atoms with Gasteiger partial charge in [-0.05, 0) is 35.7 Å². The average molecular weight is 368 g/mol. The maximum absolute atomic E-state index is 11.8. The maximum Gasteiger partial charge on any atom is 0.220 e. The zero-order chi connectivity index (χ0) is 16.5. The number of thioether (sulfide) groups is 1. The standard InChI is InChI=1S/C18H19Cl2NOS/c19-16-8-5-14(6-9-16)13-23-12-11-21-18(22)10-7-15-3-1-2-4-17(15)20/h1-6,8-9H,7,10-13H2,(H,21,22). The molecule has 2 nitrogen and oxygen atoms in total. The van der Waals surface area contributed by atoms with Gasteiger partial charge in [-0.3, -0.25) is 4.79 Å². The Morgan fingerprint density at radius 3 is 2.52 bits per heavy atom. The van der Waals surface area contributed by atoms with Crippen molar-refractivity contribution in [3.63, 3.8) is 0 Å². The second-order valence-corrected chi connectivity index (χ2v) is 7.07. The van der Waals surface area contributed by atoms with Gasteiger partial charge in [0.15, 0.2) is 0 Å². The number of carbonyl (C=O) groups excluding carboxylic acids is 1. The van der Waals surface area contributed by atoms with E-state index in [2.05, 4.69) is 5.32 Å². The summed E-state index contributed by atoms with van der Waals surface area (Å²) in [5, 5.41) is 4.42. The number of benzene rings is 2. The first kappa shape index (κ1) is 18.2. The Morgan fingerprint density at radius 1 is 1.04 bits per heavy atom. The number of carbonyl (C=O) groups is 1. The predicted molar refractivity (Wildman–Crippen MR) is 100 cm³/mol. The summed E-state index contributed by atoms with van der Waals surface area (Å²) in [5.74, 6) is 1.88. The summed E-state index contributed by atoms with van der Waals surface area (Å²) in [6.07, 6.45) is 1.13. The molecule has 2 rings (SSSR count). The second kappa shape index (κ2) is 9.86. The molecule has 0 spiro atoms. The van der Waals surface area contributed by atoms with Crippen molar-refractivity contribution in [2.24, 2.45) is 0 Å². The third kappa shape index (κ3) is 6.86. The van der Waals surface area contributed by atoms with Gasteiger partial charge in [-0.15, -0.1) is 0 Å². The molecule has 5 heteroatoms. The smallest absolute Gasteiger partial charge is 0.220 e. The van der Waals surface area contributed by atoms with Crippen LogP contribution in [0.15, 0.2) is 48.5 Å². The Morgan fingerprint density at radius 2 is 1.78 bits per heavy atom. The summed E-state index contributed by atoms with van der Waals surface area (Å²) in [5.41, 5.74) is 2.26. The fourth-order valence-corrected chi connectivity index (χ4v) is 3.25. The summed E-state index contributed by atoms with van der Waals surface area (Å²) in [6.45, 7) is 0.680. The molecule has 0 aliphatic carbocycles. The summed E-state index contributed by atoms with van der Waals surface area (Å²) in [6, 6.07) is 15.5. The molecule has 0 radical (unpaired) electrons. The summed E-state index contributed by atoms with van der Waals surface area (Å²) >= 11 is 13.7. The van der Waals surface area contributed by atoms with Crippen LogP contribution in [0.2, 0.25) is 10.0 Å². The number of halogens is 2. The molecule has 0 heterocycles. The molecular weight excluding hydrogens is 349 g/mol. The Balaban J connectivity index is 1.58. The highest BCUT2D eigenvalue weighted by molar-refractivity contribution is 7.98. The Kier molecular flexibility index (Phi) is 7.80. The van der Waals surface area contributed by atoms with Crippen LogP contribution in [0.4, 0.5) is 0 Å². The van der Waals surface area contributed by atoms with E-state index in [1.165, 1.54) is 5.56 Å². The SMILES string of the molecule is O=C(CCc1ccccc1Cl)NCCSCc1ccc(Cl)cc1. The Bertz CT molecular complexity index is 631. The molecule has 0 aliphatic heterocycles. The number of hydrogen-bond donors (Lipinski definition) is 1. The van der Waals surface area contributed by atoms with E-state index in [-0.39, 0.29) is 5.91 Å². The van der Waals surface area contributed by atoms with Crippen molar-refractivity contribution in [1.29, 1.82) is 0 Å². The zero-order valence-corrected chi connectivity index (χ0v) is 15.1. The second-order valence-electron chi connectivity index (χ2n) is 5.12. The Hall–Kier alpha value is -1.16. The lowest BCUT2D eigenvalue weighted by atomic mass is 10.1. The minimum atomic E-state index is 0.0667. The van der Waals surface area contributed by atoms with Gasteiger partial charge < -0.3 is 5.32 Å². The van der Waals surface area contributed by atoms with Gasteiger partial charge in [-0.2, -0.15) is 11.8 Å². The van der Waals surface area contributed by atoms with Crippen LogP contribution in [-0.2, 0) is 17.0 Å². The number of rotatable bonds is 8. The lowest BCUT2D eigenvalue weighted by Crippen LogP contribution is -2.25. The van der Waals surface area contributed by atoms with Gasteiger partial charge in [0.2, 0.25) is 5.91 Å². The molecule has 2 aromatic carbocycles. The van der Waals surface area contributed by atoms with Gasteiger partial charge >= 0.3 is 0 Å². The first-order valence-corrected chi connectivity index (χ1v) is 9.38. The molecule has 1 N–H and O–H groups in total. The van der Waals surface area contributed by atoms with E-state index in [0.717, 1.165) is 27.1 Å². The van der Waals surface area contributed by atoms with Crippen molar-refractivity contribution in [2.45, 2.75) is 18.6 Å². The van der Waals surface area contributed by atoms with Crippen LogP contribution in [0.1, 0.15) is 17.5 Å². The molecule has 0 saturated heterocycles. The largest absolute Gasteiger partial charge is 0.355 e. The van der Waals surface area contributed by atoms with E-state index in [4.69, 9.17) is 23.2 Å². The molecule has 0 bridgehead atoms. The van der Waals surface area contributed by atoms with Crippen LogP contribution >= 0.6 is 35.0 Å². The summed E-state index contributed by atoms with van der Waals surface area (Å²) < 4.78 is 0. The van der Waals surface area contributed by atoms with E-state index in [1.807, 2.05) is 48.5 Å². The third-order valence-electron chi connectivity index (χ3n) is 3.33. The summed E-state index contributed by atoms with van der Waals surface area (Å²) in [4.78, 5) is 11.8. The van der Waals surface area contributed by atoms with Crippen molar-refractivity contribution in [2.75, 3.05) is 12.3 Å². The van der Waals surface area contributed by atoms with Crippen LogP contribution < -0.4 is 5.32 Å². The number of hydrogen-bond acceptors (Lipinski definition) is 2. The quantitative estimate of drug-likeness (QED) is 0.666. The fourth-order valence-electron chi connectivity index (χ4n) is 2.07. The first-order valence-electron chi connectivity index (χ1n) is 7.47. The topological polar surface area (TPSA) is 29.1 Å². The van der Waals surface area contributed by atoms with E-state index in [1.54, 1.807) is 11.8 Å². The molecule has 2 aromatic rings. The third-order valence-corrected chi connectivity index (χ3v) is 4.98. The predicted octanol–water partition coefficient (Wildman–Crippen LogP) is 4.98. The monoisotopic (exact) mass is 367 g/mol. The number of nitrogens with one attached hydrogen (secondary N) is 1. The van der Waals surface area contributed by atoms with Crippen molar-refractivity contribution in [1.82, 2.24) is 5.32 Å². The van der Waals surface area contributed by atoms with Crippen molar-refractivity contribution >= 4 is 40.9 Å². The highest BCUT2D eigenvalue weighted by Crippen LogP contribution is 2.17. The molecule has 1 amide bonds. The van der Waals surface area contributed by atoms with Gasteiger partial charge in [0.1, 0.15) is 0 Å². The first-order chi connectivity index (χ1) is 11.1. The fraction of sp³-hybridized carbons (Fsp3) is 0.278. The molecule has 0 aromatic heterocycles. The lowest BCUT2D eigenvalue weighted by Gasteiger charge is -2.06. The van der Waals surface area contributed by atoms with Crippen molar-refractivity contribution < 1.29 is 4.79 Å². The van der Waals surface area contributed by atoms with Gasteiger partial charge in [-0.25, -0.2) is 0 Å². The molecule has 0 unspecified atom stereocenters. The molecule has 23 heavy (non-hydrogen) atoms. The number of amides is 1. The van der Waals surface area contributed by atoms with E-state index >= 15 is 0 Å². The maximum atomic E-state index is 11.8. The highest BCUT2D eigenvalue weighted by atomic mass is 35.5. The van der Waals surface area contributed by atoms with E-state index in [9.17, 15) is 4.79 Å². The van der Waals surface area contributed by atoms with Crippen molar-refractivity contribution in [3.05, 3.63) is 69.7 Å². The summed E-state index contributed by atoms with van der Waals surface area (Å²) in [7, 11) is 0. The highest BCUT2D eigenvalue weighted by Gasteiger charge is 2.04. The van der Waals surface area contributed by atoms with Crippen LogP contribution in [0.5, 0.6) is 0 Å². The molecule has 0 fully saturated rings. The van der Waals surface area contributed by atoms with Gasteiger partial charge in [0.05, 0.1) is 0 Å². The molecular formula is C18H19Cl2NOS.